The summed E-state index contributed by atoms with van der Waals surface area (Å²) in [7, 11) is 0. The minimum atomic E-state index is 0.899. The summed E-state index contributed by atoms with van der Waals surface area (Å²) in [5.41, 5.74) is 0. The Balaban J connectivity index is 1.59. The minimum Gasteiger partial charge on any atom is -0.0625 e. The van der Waals surface area contributed by atoms with E-state index >= 15 is 0 Å². The van der Waals surface area contributed by atoms with Crippen LogP contribution in [0.3, 0.4) is 0 Å². The van der Waals surface area contributed by atoms with Crippen LogP contribution >= 0.6 is 0 Å². The van der Waals surface area contributed by atoms with Gasteiger partial charge in [-0.1, -0.05) is 20.8 Å². The largest absolute Gasteiger partial charge is 0.0625 e. The van der Waals surface area contributed by atoms with Gasteiger partial charge in [-0.2, -0.15) is 0 Å². The van der Waals surface area contributed by atoms with Crippen LogP contribution in [-0.2, 0) is 0 Å². The molecule has 7 unspecified atom stereocenters. The second-order valence-electron chi connectivity index (χ2n) is 8.15. The molecule has 0 aromatic heterocycles. The first-order chi connectivity index (χ1) is 8.16. The highest BCUT2D eigenvalue weighted by atomic mass is 14.7. The molecule has 0 aromatic rings. The monoisotopic (exact) mass is 232 g/mol. The van der Waals surface area contributed by atoms with Crippen LogP contribution in [0.25, 0.3) is 0 Å². The summed E-state index contributed by atoms with van der Waals surface area (Å²) in [5, 5.41) is 0. The van der Waals surface area contributed by atoms with E-state index in [1.807, 2.05) is 0 Å². The zero-order valence-corrected chi connectivity index (χ0v) is 11.7. The molecule has 4 aliphatic carbocycles. The quantitative estimate of drug-likeness (QED) is 0.611. The lowest BCUT2D eigenvalue weighted by molar-refractivity contribution is 0.0677. The van der Waals surface area contributed by atoms with Crippen LogP contribution in [0, 0.1) is 53.3 Å². The molecule has 96 valence electrons. The highest BCUT2D eigenvalue weighted by molar-refractivity contribution is 5.11. The van der Waals surface area contributed by atoms with E-state index in [0.717, 1.165) is 29.6 Å². The van der Waals surface area contributed by atoms with E-state index in [1.54, 1.807) is 32.1 Å². The summed E-state index contributed by atoms with van der Waals surface area (Å²) in [6.07, 6.45) is 8.06. The van der Waals surface area contributed by atoms with E-state index in [0.29, 0.717) is 0 Å². The smallest absolute Gasteiger partial charge is 0.0321 e. The van der Waals surface area contributed by atoms with Gasteiger partial charge in [0.1, 0.15) is 0 Å². The van der Waals surface area contributed by atoms with E-state index in [1.165, 1.54) is 23.7 Å². The molecule has 4 rings (SSSR count). The molecule has 0 amide bonds. The molecule has 4 saturated carbocycles. The van der Waals surface area contributed by atoms with Crippen molar-refractivity contribution < 1.29 is 0 Å². The van der Waals surface area contributed by atoms with Crippen molar-refractivity contribution in [1.29, 1.82) is 0 Å². The molecular weight excluding hydrogens is 204 g/mol. The zero-order chi connectivity index (χ0) is 11.7. The maximum absolute atomic E-state index is 2.54. The lowest BCUT2D eigenvalue weighted by Gasteiger charge is -2.41. The van der Waals surface area contributed by atoms with Crippen molar-refractivity contribution in [1.82, 2.24) is 0 Å². The van der Waals surface area contributed by atoms with Gasteiger partial charge in [0, 0.05) is 0 Å². The third-order valence-corrected chi connectivity index (χ3v) is 7.51. The molecule has 4 bridgehead atoms. The lowest BCUT2D eigenvalue weighted by atomic mass is 9.64. The summed E-state index contributed by atoms with van der Waals surface area (Å²) < 4.78 is 0. The molecule has 0 radical (unpaired) electrons. The highest BCUT2D eigenvalue weighted by Crippen LogP contribution is 2.69. The van der Waals surface area contributed by atoms with Crippen LogP contribution in [0.4, 0.5) is 0 Å². The van der Waals surface area contributed by atoms with E-state index in [-0.39, 0.29) is 0 Å². The molecule has 17 heavy (non-hydrogen) atoms. The Kier molecular flexibility index (Phi) is 2.25. The standard InChI is InChI=1S/C17H28/c1-9(2)10(3)14-7-13-8-15(14)17-12-5-4-11(6-12)16(13)17/h9-17H,4-8H2,1-3H3/t10-,11?,12?,13?,14?,15?,16?,17?/m0/s1. The van der Waals surface area contributed by atoms with Gasteiger partial charge in [-0.05, 0) is 85.4 Å². The van der Waals surface area contributed by atoms with Gasteiger partial charge in [0.15, 0.2) is 0 Å². The molecular formula is C17H28. The third kappa shape index (κ3) is 1.31. The predicted octanol–water partition coefficient (Wildman–Crippen LogP) is 4.60. The summed E-state index contributed by atoms with van der Waals surface area (Å²) in [6.45, 7) is 7.42. The molecule has 0 nitrogen and oxygen atoms in total. The average molecular weight is 232 g/mol. The first-order valence-corrected chi connectivity index (χ1v) is 8.16. The Morgan fingerprint density at radius 2 is 1.47 bits per heavy atom. The van der Waals surface area contributed by atoms with Crippen molar-refractivity contribution in [2.24, 2.45) is 53.3 Å². The minimum absolute atomic E-state index is 0.899. The predicted molar refractivity (Wildman–Crippen MR) is 71.5 cm³/mol. The maximum Gasteiger partial charge on any atom is -0.0321 e. The van der Waals surface area contributed by atoms with Crippen LogP contribution < -0.4 is 0 Å². The number of hydrogen-bond acceptors (Lipinski definition) is 0. The van der Waals surface area contributed by atoms with Crippen LogP contribution in [0.5, 0.6) is 0 Å². The number of rotatable bonds is 2. The molecule has 0 aromatic carbocycles. The van der Waals surface area contributed by atoms with Crippen molar-refractivity contribution in [3.8, 4) is 0 Å². The van der Waals surface area contributed by atoms with Crippen molar-refractivity contribution in [3.63, 3.8) is 0 Å². The fourth-order valence-corrected chi connectivity index (χ4v) is 6.72. The van der Waals surface area contributed by atoms with Gasteiger partial charge in [-0.25, -0.2) is 0 Å². The molecule has 8 atom stereocenters. The average Bonchev–Trinajstić information content (AvgIpc) is 3.04. The van der Waals surface area contributed by atoms with Crippen LogP contribution in [-0.4, -0.2) is 0 Å². The van der Waals surface area contributed by atoms with Crippen LogP contribution in [0.1, 0.15) is 52.9 Å². The van der Waals surface area contributed by atoms with Crippen molar-refractivity contribution in [2.75, 3.05) is 0 Å². The van der Waals surface area contributed by atoms with Gasteiger partial charge in [0.25, 0.3) is 0 Å². The Morgan fingerprint density at radius 1 is 0.765 bits per heavy atom. The molecule has 0 aliphatic heterocycles. The van der Waals surface area contributed by atoms with E-state index in [9.17, 15) is 0 Å². The van der Waals surface area contributed by atoms with E-state index in [2.05, 4.69) is 20.8 Å². The van der Waals surface area contributed by atoms with E-state index < -0.39 is 0 Å². The van der Waals surface area contributed by atoms with Crippen LogP contribution in [0.15, 0.2) is 0 Å². The van der Waals surface area contributed by atoms with Gasteiger partial charge >= 0.3 is 0 Å². The Labute approximate surface area is 107 Å². The molecule has 0 heteroatoms. The normalized spacial score (nSPS) is 56.8. The van der Waals surface area contributed by atoms with Crippen molar-refractivity contribution in [3.05, 3.63) is 0 Å². The third-order valence-electron chi connectivity index (χ3n) is 7.51. The first-order valence-electron chi connectivity index (χ1n) is 8.16. The number of hydrogen-bond donors (Lipinski definition) is 0. The zero-order valence-electron chi connectivity index (χ0n) is 11.7. The number of fused-ring (bicyclic) bond motifs is 9. The summed E-state index contributed by atoms with van der Waals surface area (Å²) in [5.74, 6) is 10.0. The first kappa shape index (κ1) is 10.9. The lowest BCUT2D eigenvalue weighted by Crippen LogP contribution is -2.35. The molecule has 0 N–H and O–H groups in total. The fraction of sp³-hybridized carbons (Fsp3) is 1.00. The van der Waals surface area contributed by atoms with Gasteiger partial charge in [-0.15, -0.1) is 0 Å². The summed E-state index contributed by atoms with van der Waals surface area (Å²) >= 11 is 0. The second kappa shape index (κ2) is 3.52. The highest BCUT2D eigenvalue weighted by Gasteiger charge is 2.62. The molecule has 0 spiro atoms. The summed E-state index contributed by atoms with van der Waals surface area (Å²) in [4.78, 5) is 0. The van der Waals surface area contributed by atoms with Gasteiger partial charge in [0.05, 0.1) is 0 Å². The fourth-order valence-electron chi connectivity index (χ4n) is 6.72. The summed E-state index contributed by atoms with van der Waals surface area (Å²) in [6, 6.07) is 0. The Bertz CT molecular complexity index is 318. The van der Waals surface area contributed by atoms with Crippen molar-refractivity contribution in [2.45, 2.75) is 52.9 Å². The molecule has 0 heterocycles. The SMILES string of the molecule is CC(C)[C@H](C)C1CC2CC1C1C3CCC(C3)C21. The van der Waals surface area contributed by atoms with Gasteiger partial charge in [-0.3, -0.25) is 0 Å². The molecule has 0 saturated heterocycles. The molecule has 4 fully saturated rings. The molecule has 4 aliphatic rings. The topological polar surface area (TPSA) is 0 Å². The van der Waals surface area contributed by atoms with E-state index in [4.69, 9.17) is 0 Å². The van der Waals surface area contributed by atoms with Gasteiger partial charge in [0.2, 0.25) is 0 Å². The van der Waals surface area contributed by atoms with Crippen LogP contribution in [0.2, 0.25) is 0 Å². The van der Waals surface area contributed by atoms with Gasteiger partial charge < -0.3 is 0 Å². The Hall–Kier alpha value is 0. The maximum atomic E-state index is 2.54. The van der Waals surface area contributed by atoms with Crippen molar-refractivity contribution >= 4 is 0 Å². The second-order valence-corrected chi connectivity index (χ2v) is 8.15. The Morgan fingerprint density at radius 3 is 2.18 bits per heavy atom.